The molecule has 4 nitrogen and oxygen atoms in total. The van der Waals surface area contributed by atoms with Crippen molar-refractivity contribution in [1.29, 1.82) is 0 Å². The molecular formula is C35H53N3O. The van der Waals surface area contributed by atoms with Gasteiger partial charge in [0.2, 0.25) is 0 Å². The summed E-state index contributed by atoms with van der Waals surface area (Å²) in [4.78, 5) is 0. The smallest absolute Gasteiger partial charge is 0.149 e. The molecule has 0 spiro atoms. The number of hydrogen-bond donors (Lipinski definition) is 2. The van der Waals surface area contributed by atoms with Gasteiger partial charge >= 0.3 is 0 Å². The van der Waals surface area contributed by atoms with Crippen molar-refractivity contribution in [2.24, 2.45) is 29.6 Å². The number of aromatic nitrogens is 2. The molecule has 214 valence electrons. The summed E-state index contributed by atoms with van der Waals surface area (Å²) in [5, 5.41) is 19.1. The van der Waals surface area contributed by atoms with Crippen LogP contribution in [-0.2, 0) is 0 Å². The summed E-state index contributed by atoms with van der Waals surface area (Å²) >= 11 is 0. The standard InChI is InChI=1S/C35H53N3O/c1-25-13-5-4-8-15-27(21-22-29-23-31(25)29)26-14-6-2-3-7-17-28(18-10-9-16-26)32-24-33(37-38-35(32)36)30-19-11-12-20-34(30)39/h11-12,19-20,24-29,31,39H,2-10,13-18,21-23H2,1H3,(H2,36,38). The summed E-state index contributed by atoms with van der Waals surface area (Å²) in [6.45, 7) is 2.53. The Morgan fingerprint density at radius 3 is 2.05 bits per heavy atom. The van der Waals surface area contributed by atoms with Crippen LogP contribution in [0.3, 0.4) is 0 Å². The van der Waals surface area contributed by atoms with Gasteiger partial charge in [-0.25, -0.2) is 0 Å². The van der Waals surface area contributed by atoms with Crippen LogP contribution < -0.4 is 5.73 Å². The second kappa shape index (κ2) is 14.0. The Bertz CT molecular complexity index is 1040. The molecule has 0 bridgehead atoms. The summed E-state index contributed by atoms with van der Waals surface area (Å²) in [6.07, 6.45) is 25.0. The lowest BCUT2D eigenvalue weighted by molar-refractivity contribution is 0.233. The lowest BCUT2D eigenvalue weighted by atomic mass is 9.77. The summed E-state index contributed by atoms with van der Waals surface area (Å²) < 4.78 is 0. The average Bonchev–Trinajstić information content (AvgIpc) is 3.71. The molecule has 3 aliphatic carbocycles. The number of hydrogen-bond acceptors (Lipinski definition) is 4. The zero-order valence-electron chi connectivity index (χ0n) is 24.5. The van der Waals surface area contributed by atoms with Crippen molar-refractivity contribution in [2.75, 3.05) is 5.73 Å². The van der Waals surface area contributed by atoms with Crippen molar-refractivity contribution >= 4 is 5.82 Å². The number of nitrogen functional groups attached to an aromatic ring is 1. The number of phenols is 1. The van der Waals surface area contributed by atoms with Gasteiger partial charge in [0.15, 0.2) is 0 Å². The fraction of sp³-hybridized carbons (Fsp3) is 0.714. The van der Waals surface area contributed by atoms with Gasteiger partial charge in [-0.3, -0.25) is 0 Å². The van der Waals surface area contributed by atoms with Crippen molar-refractivity contribution in [1.82, 2.24) is 10.2 Å². The molecule has 5 rings (SSSR count). The Hall–Kier alpha value is -2.10. The van der Waals surface area contributed by atoms with Gasteiger partial charge in [0.05, 0.1) is 5.69 Å². The van der Waals surface area contributed by atoms with Crippen molar-refractivity contribution in [2.45, 2.75) is 128 Å². The lowest BCUT2D eigenvalue weighted by Gasteiger charge is -2.29. The Morgan fingerprint density at radius 1 is 0.692 bits per heavy atom. The molecule has 1 aromatic heterocycles. The highest BCUT2D eigenvalue weighted by Gasteiger charge is 2.40. The van der Waals surface area contributed by atoms with E-state index in [0.29, 0.717) is 11.7 Å². The molecule has 6 atom stereocenters. The number of para-hydroxylation sites is 1. The van der Waals surface area contributed by atoms with Crippen LogP contribution in [0.2, 0.25) is 0 Å². The maximum atomic E-state index is 10.4. The van der Waals surface area contributed by atoms with Crippen molar-refractivity contribution in [3.63, 3.8) is 0 Å². The zero-order chi connectivity index (χ0) is 27.0. The molecule has 3 aliphatic rings. The van der Waals surface area contributed by atoms with Gasteiger partial charge in [-0.05, 0) is 85.8 Å². The third-order valence-corrected chi connectivity index (χ3v) is 10.7. The fourth-order valence-electron chi connectivity index (χ4n) is 8.19. The number of fused-ring (bicyclic) bond motifs is 1. The minimum Gasteiger partial charge on any atom is -0.507 e. The Labute approximate surface area is 237 Å². The summed E-state index contributed by atoms with van der Waals surface area (Å²) in [5.41, 5.74) is 9.01. The summed E-state index contributed by atoms with van der Waals surface area (Å²) in [7, 11) is 0. The van der Waals surface area contributed by atoms with Crippen LogP contribution in [-0.4, -0.2) is 15.3 Å². The molecule has 39 heavy (non-hydrogen) atoms. The lowest BCUT2D eigenvalue weighted by Crippen LogP contribution is -2.17. The quantitative estimate of drug-likeness (QED) is 0.413. The Balaban J connectivity index is 1.23. The van der Waals surface area contributed by atoms with E-state index in [-0.39, 0.29) is 5.75 Å². The van der Waals surface area contributed by atoms with E-state index in [0.717, 1.165) is 46.4 Å². The highest BCUT2D eigenvalue weighted by Crippen LogP contribution is 2.50. The average molecular weight is 532 g/mol. The van der Waals surface area contributed by atoms with Crippen LogP contribution in [0.1, 0.15) is 134 Å². The highest BCUT2D eigenvalue weighted by atomic mass is 16.3. The molecule has 1 aromatic carbocycles. The van der Waals surface area contributed by atoms with Gasteiger partial charge in [0.1, 0.15) is 11.6 Å². The first-order valence-corrected chi connectivity index (χ1v) is 16.5. The minimum atomic E-state index is 0.245. The number of benzene rings is 1. The third-order valence-electron chi connectivity index (χ3n) is 10.7. The van der Waals surface area contributed by atoms with Gasteiger partial charge in [-0.2, -0.15) is 0 Å². The Morgan fingerprint density at radius 2 is 1.28 bits per heavy atom. The van der Waals surface area contributed by atoms with Gasteiger partial charge < -0.3 is 10.8 Å². The van der Waals surface area contributed by atoms with Crippen LogP contribution in [0.15, 0.2) is 30.3 Å². The topological polar surface area (TPSA) is 72.0 Å². The SMILES string of the molecule is CC1CCCCCC(C2CCCCCCC(c3cc(-c4ccccc4O)nnc3N)CCCC2)CCC2CC12. The van der Waals surface area contributed by atoms with E-state index in [2.05, 4.69) is 23.2 Å². The molecular weight excluding hydrogens is 478 g/mol. The van der Waals surface area contributed by atoms with Crippen molar-refractivity contribution in [3.8, 4) is 17.0 Å². The third kappa shape index (κ3) is 7.76. The Kier molecular flexibility index (Phi) is 10.2. The van der Waals surface area contributed by atoms with Gasteiger partial charge in [-0.15, -0.1) is 10.2 Å². The van der Waals surface area contributed by atoms with E-state index in [1.165, 1.54) is 116 Å². The van der Waals surface area contributed by atoms with Crippen LogP contribution in [0.25, 0.3) is 11.3 Å². The van der Waals surface area contributed by atoms with Crippen LogP contribution in [0.4, 0.5) is 5.82 Å². The van der Waals surface area contributed by atoms with Crippen LogP contribution in [0.5, 0.6) is 5.75 Å². The second-order valence-corrected chi connectivity index (χ2v) is 13.4. The van der Waals surface area contributed by atoms with Crippen LogP contribution >= 0.6 is 0 Å². The molecule has 1 heterocycles. The number of aromatic hydroxyl groups is 1. The van der Waals surface area contributed by atoms with Gasteiger partial charge in [0, 0.05) is 11.1 Å². The van der Waals surface area contributed by atoms with E-state index in [1.807, 2.05) is 18.2 Å². The number of rotatable bonds is 3. The van der Waals surface area contributed by atoms with Gasteiger partial charge in [0.25, 0.3) is 0 Å². The summed E-state index contributed by atoms with van der Waals surface area (Å²) in [6, 6.07) is 9.50. The minimum absolute atomic E-state index is 0.245. The fourth-order valence-corrected chi connectivity index (χ4v) is 8.19. The van der Waals surface area contributed by atoms with Crippen molar-refractivity contribution < 1.29 is 5.11 Å². The maximum Gasteiger partial charge on any atom is 0.149 e. The maximum absolute atomic E-state index is 10.4. The molecule has 6 unspecified atom stereocenters. The number of nitrogens with two attached hydrogens (primary N) is 1. The number of anilines is 1. The number of phenolic OH excluding ortho intramolecular Hbond substituents is 1. The first-order chi connectivity index (χ1) is 19.1. The van der Waals surface area contributed by atoms with Crippen molar-refractivity contribution in [3.05, 3.63) is 35.9 Å². The second-order valence-electron chi connectivity index (χ2n) is 13.4. The first kappa shape index (κ1) is 28.4. The number of nitrogens with zero attached hydrogens (tertiary/aromatic N) is 2. The molecule has 3 N–H and O–H groups in total. The molecule has 3 fully saturated rings. The predicted molar refractivity (Wildman–Crippen MR) is 163 cm³/mol. The normalized spacial score (nSPS) is 31.6. The molecule has 0 saturated heterocycles. The monoisotopic (exact) mass is 531 g/mol. The molecule has 4 heteroatoms. The molecule has 0 aliphatic heterocycles. The van der Waals surface area contributed by atoms with E-state index in [9.17, 15) is 5.11 Å². The predicted octanol–water partition coefficient (Wildman–Crippen LogP) is 9.68. The largest absolute Gasteiger partial charge is 0.507 e. The first-order valence-electron chi connectivity index (χ1n) is 16.5. The molecule has 0 amide bonds. The van der Waals surface area contributed by atoms with Crippen LogP contribution in [0, 0.1) is 29.6 Å². The van der Waals surface area contributed by atoms with Gasteiger partial charge in [-0.1, -0.05) is 103 Å². The molecule has 0 radical (unpaired) electrons. The van der Waals surface area contributed by atoms with E-state index in [4.69, 9.17) is 5.73 Å². The van der Waals surface area contributed by atoms with E-state index >= 15 is 0 Å². The zero-order valence-corrected chi connectivity index (χ0v) is 24.5. The van der Waals surface area contributed by atoms with E-state index in [1.54, 1.807) is 6.07 Å². The molecule has 3 saturated carbocycles. The molecule has 2 aromatic rings. The summed E-state index contributed by atoms with van der Waals surface area (Å²) in [5.74, 6) is 6.20. The van der Waals surface area contributed by atoms with E-state index < -0.39 is 0 Å². The highest BCUT2D eigenvalue weighted by molar-refractivity contribution is 5.68.